The largest absolute Gasteiger partial charge is 0.463 e. The highest BCUT2D eigenvalue weighted by Gasteiger charge is 2.20. The molecule has 2 unspecified atom stereocenters. The van der Waals surface area contributed by atoms with Gasteiger partial charge in [0.15, 0.2) is 0 Å². The molecule has 0 radical (unpaired) electrons. The molecule has 5 nitrogen and oxygen atoms in total. The fourth-order valence-corrected chi connectivity index (χ4v) is 2.84. The van der Waals surface area contributed by atoms with Gasteiger partial charge in [-0.1, -0.05) is 25.1 Å². The lowest BCUT2D eigenvalue weighted by atomic mass is 10.2. The number of hydrogen-bond donors (Lipinski definition) is 1. The van der Waals surface area contributed by atoms with Crippen molar-refractivity contribution in [1.29, 1.82) is 0 Å². The van der Waals surface area contributed by atoms with Crippen molar-refractivity contribution in [2.45, 2.75) is 50.7 Å². The first-order valence-corrected chi connectivity index (χ1v) is 8.10. The Hall–Kier alpha value is -1.40. The molecular weight excluding hydrogens is 278 g/mol. The zero-order valence-corrected chi connectivity index (χ0v) is 12.8. The third kappa shape index (κ3) is 5.30. The monoisotopic (exact) mass is 299 g/mol. The van der Waals surface area contributed by atoms with Gasteiger partial charge in [-0.3, -0.25) is 4.79 Å². The van der Waals surface area contributed by atoms with Crippen molar-refractivity contribution in [1.82, 2.24) is 4.72 Å². The number of benzene rings is 1. The van der Waals surface area contributed by atoms with Crippen LogP contribution in [0.25, 0.3) is 0 Å². The van der Waals surface area contributed by atoms with Crippen molar-refractivity contribution >= 4 is 16.0 Å². The molecule has 1 N–H and O–H groups in total. The van der Waals surface area contributed by atoms with E-state index in [4.69, 9.17) is 4.74 Å². The number of esters is 1. The van der Waals surface area contributed by atoms with Gasteiger partial charge in [0.05, 0.1) is 17.4 Å². The fourth-order valence-electron chi connectivity index (χ4n) is 1.58. The number of rotatable bonds is 7. The van der Waals surface area contributed by atoms with E-state index in [0.29, 0.717) is 0 Å². The molecule has 0 aliphatic rings. The molecule has 0 fully saturated rings. The molecule has 0 saturated heterocycles. The molecule has 1 rings (SSSR count). The first kappa shape index (κ1) is 16.7. The van der Waals surface area contributed by atoms with Crippen molar-refractivity contribution in [3.63, 3.8) is 0 Å². The summed E-state index contributed by atoms with van der Waals surface area (Å²) < 4.78 is 31.7. The second-order valence-corrected chi connectivity index (χ2v) is 6.46. The number of sulfonamides is 1. The molecule has 0 heterocycles. The molecule has 1 aromatic rings. The predicted molar refractivity (Wildman–Crippen MR) is 76.7 cm³/mol. The quantitative estimate of drug-likeness (QED) is 0.782. The summed E-state index contributed by atoms with van der Waals surface area (Å²) >= 11 is 0. The first-order chi connectivity index (χ1) is 9.35. The molecule has 0 saturated carbocycles. The van der Waals surface area contributed by atoms with E-state index in [9.17, 15) is 13.2 Å². The van der Waals surface area contributed by atoms with E-state index in [1.807, 2.05) is 6.92 Å². The average Bonchev–Trinajstić information content (AvgIpc) is 2.38. The Bertz CT molecular complexity index is 527. The zero-order chi connectivity index (χ0) is 15.2. The van der Waals surface area contributed by atoms with Crippen LogP contribution in [0.1, 0.15) is 33.6 Å². The lowest BCUT2D eigenvalue weighted by Crippen LogP contribution is -2.35. The van der Waals surface area contributed by atoms with Gasteiger partial charge in [0.25, 0.3) is 0 Å². The highest BCUT2D eigenvalue weighted by atomic mass is 32.2. The Labute approximate surface area is 120 Å². The minimum atomic E-state index is -3.60. The molecule has 6 heteroatoms. The van der Waals surface area contributed by atoms with Crippen LogP contribution in [0, 0.1) is 0 Å². The summed E-state index contributed by atoms with van der Waals surface area (Å²) in [6.07, 6.45) is 0.590. The molecular formula is C14H21NO4S. The first-order valence-electron chi connectivity index (χ1n) is 6.62. The van der Waals surface area contributed by atoms with Crippen molar-refractivity contribution in [2.75, 3.05) is 0 Å². The van der Waals surface area contributed by atoms with Crippen LogP contribution >= 0.6 is 0 Å². The lowest BCUT2D eigenvalue weighted by Gasteiger charge is -2.15. The molecule has 112 valence electrons. The molecule has 0 aliphatic carbocycles. The van der Waals surface area contributed by atoms with Gasteiger partial charge in [-0.25, -0.2) is 13.1 Å². The van der Waals surface area contributed by atoms with Crippen molar-refractivity contribution in [2.24, 2.45) is 0 Å². The normalized spacial score (nSPS) is 14.6. The Kier molecular flexibility index (Phi) is 6.16. The summed E-state index contributed by atoms with van der Waals surface area (Å²) in [5, 5.41) is 0. The number of carbonyl (C=O) groups excluding carboxylic acids is 1. The molecule has 0 aliphatic heterocycles. The summed E-state index contributed by atoms with van der Waals surface area (Å²) in [5.41, 5.74) is 0. The third-order valence-corrected chi connectivity index (χ3v) is 4.40. The van der Waals surface area contributed by atoms with Gasteiger partial charge in [0, 0.05) is 6.04 Å². The van der Waals surface area contributed by atoms with E-state index < -0.39 is 22.0 Å². The summed E-state index contributed by atoms with van der Waals surface area (Å²) in [6.45, 7) is 5.36. The van der Waals surface area contributed by atoms with Gasteiger partial charge in [-0.2, -0.15) is 0 Å². The third-order valence-electron chi connectivity index (χ3n) is 2.79. The minimum absolute atomic E-state index is 0.0103. The van der Waals surface area contributed by atoms with Crippen LogP contribution in [-0.2, 0) is 19.6 Å². The van der Waals surface area contributed by atoms with Crippen LogP contribution in [0.2, 0.25) is 0 Å². The van der Waals surface area contributed by atoms with Crippen molar-refractivity contribution in [3.8, 4) is 0 Å². The fraction of sp³-hybridized carbons (Fsp3) is 0.500. The number of carbonyl (C=O) groups is 1. The van der Waals surface area contributed by atoms with Gasteiger partial charge in [-0.05, 0) is 32.4 Å². The standard InChI is InChI=1S/C14H21NO4S/c1-4-12(3)19-14(16)10-11(2)15-20(17,18)13-8-6-5-7-9-13/h5-9,11-12,15H,4,10H2,1-3H3. The van der Waals surface area contributed by atoms with Crippen LogP contribution in [0.4, 0.5) is 0 Å². The summed E-state index contributed by atoms with van der Waals surface area (Å²) in [5.74, 6) is -0.400. The number of hydrogen-bond acceptors (Lipinski definition) is 4. The molecule has 0 bridgehead atoms. The van der Waals surface area contributed by atoms with Crippen LogP contribution in [0.15, 0.2) is 35.2 Å². The lowest BCUT2D eigenvalue weighted by molar-refractivity contribution is -0.148. The van der Waals surface area contributed by atoms with E-state index in [1.165, 1.54) is 12.1 Å². The van der Waals surface area contributed by atoms with Crippen LogP contribution in [0.3, 0.4) is 0 Å². The highest BCUT2D eigenvalue weighted by molar-refractivity contribution is 7.89. The Morgan fingerprint density at radius 3 is 2.40 bits per heavy atom. The van der Waals surface area contributed by atoms with Gasteiger partial charge in [0.2, 0.25) is 10.0 Å². The summed E-state index contributed by atoms with van der Waals surface area (Å²) in [6, 6.07) is 7.54. The highest BCUT2D eigenvalue weighted by Crippen LogP contribution is 2.09. The average molecular weight is 299 g/mol. The van der Waals surface area contributed by atoms with Gasteiger partial charge < -0.3 is 4.74 Å². The van der Waals surface area contributed by atoms with Crippen LogP contribution in [-0.4, -0.2) is 26.5 Å². The van der Waals surface area contributed by atoms with Gasteiger partial charge >= 0.3 is 5.97 Å². The smallest absolute Gasteiger partial charge is 0.307 e. The van der Waals surface area contributed by atoms with Crippen molar-refractivity contribution < 1.29 is 17.9 Å². The SMILES string of the molecule is CCC(C)OC(=O)CC(C)NS(=O)(=O)c1ccccc1. The predicted octanol–water partition coefficient (Wildman–Crippen LogP) is 2.09. The molecule has 0 amide bonds. The Morgan fingerprint density at radius 1 is 1.25 bits per heavy atom. The summed E-state index contributed by atoms with van der Waals surface area (Å²) in [7, 11) is -3.60. The Balaban J connectivity index is 2.58. The van der Waals surface area contributed by atoms with E-state index in [0.717, 1.165) is 6.42 Å². The molecule has 0 spiro atoms. The maximum atomic E-state index is 12.0. The van der Waals surface area contributed by atoms with Crippen molar-refractivity contribution in [3.05, 3.63) is 30.3 Å². The maximum Gasteiger partial charge on any atom is 0.307 e. The molecule has 1 aromatic carbocycles. The molecule has 0 aromatic heterocycles. The second-order valence-electron chi connectivity index (χ2n) is 4.75. The van der Waals surface area contributed by atoms with E-state index in [2.05, 4.69) is 4.72 Å². The molecule has 2 atom stereocenters. The summed E-state index contributed by atoms with van der Waals surface area (Å²) in [4.78, 5) is 11.8. The maximum absolute atomic E-state index is 12.0. The van der Waals surface area contributed by atoms with Crippen LogP contribution in [0.5, 0.6) is 0 Å². The second kappa shape index (κ2) is 7.40. The zero-order valence-electron chi connectivity index (χ0n) is 12.0. The topological polar surface area (TPSA) is 72.5 Å². The van der Waals surface area contributed by atoms with E-state index in [-0.39, 0.29) is 17.4 Å². The van der Waals surface area contributed by atoms with E-state index in [1.54, 1.807) is 32.0 Å². The van der Waals surface area contributed by atoms with Gasteiger partial charge in [0.1, 0.15) is 0 Å². The van der Waals surface area contributed by atoms with Gasteiger partial charge in [-0.15, -0.1) is 0 Å². The molecule has 20 heavy (non-hydrogen) atoms. The number of ether oxygens (including phenoxy) is 1. The van der Waals surface area contributed by atoms with Crippen LogP contribution < -0.4 is 4.72 Å². The minimum Gasteiger partial charge on any atom is -0.463 e. The Morgan fingerprint density at radius 2 is 1.85 bits per heavy atom. The van der Waals surface area contributed by atoms with E-state index >= 15 is 0 Å². The number of nitrogens with one attached hydrogen (secondary N) is 1.